The number of methoxy groups -OCH3 is 1. The highest BCUT2D eigenvalue weighted by Crippen LogP contribution is 2.34. The molecule has 1 N–H and O–H groups in total. The summed E-state index contributed by atoms with van der Waals surface area (Å²) >= 11 is 1.12. The number of nitrogens with one attached hydrogen (secondary N) is 1. The normalized spacial score (nSPS) is 15.1. The van der Waals surface area contributed by atoms with E-state index in [4.69, 9.17) is 9.15 Å². The van der Waals surface area contributed by atoms with Crippen LogP contribution < -0.4 is 24.9 Å². The molecule has 1 aliphatic heterocycles. The summed E-state index contributed by atoms with van der Waals surface area (Å²) in [5.74, 6) is 0.648. The number of alkyl halides is 3. The quantitative estimate of drug-likeness (QED) is 0.248. The Morgan fingerprint density at radius 3 is 2.55 bits per heavy atom. The Bertz CT molecular complexity index is 2090. The van der Waals surface area contributed by atoms with Gasteiger partial charge < -0.3 is 14.5 Å². The average molecular weight is 616 g/mol. The van der Waals surface area contributed by atoms with Crippen LogP contribution in [0.25, 0.3) is 17.4 Å². The zero-order valence-electron chi connectivity index (χ0n) is 23.4. The standard InChI is InChI=1S/C33H24F3N3O4S/c1-19-28(30(40)38-23-11-4-3-5-12-23)29(21-9-7-13-24(17-21)42-2)39-31(41)27(44-32(39)37-19)18-25-14-15-26(43-25)20-8-6-10-22(16-20)33(34,35)36/h3-18,29H,1-2H3,(H,38,40)/b27-18-/t29-/m0/s1. The number of furan rings is 1. The molecule has 0 radical (unpaired) electrons. The molecule has 0 fully saturated rings. The number of benzene rings is 3. The Hall–Kier alpha value is -5.16. The molecule has 222 valence electrons. The van der Waals surface area contributed by atoms with Gasteiger partial charge in [0.25, 0.3) is 11.5 Å². The second-order valence-electron chi connectivity index (χ2n) is 9.96. The number of hydrogen-bond donors (Lipinski definition) is 1. The van der Waals surface area contributed by atoms with Crippen molar-refractivity contribution in [1.29, 1.82) is 0 Å². The number of thiazole rings is 1. The van der Waals surface area contributed by atoms with Crippen LogP contribution in [0.15, 0.2) is 116 Å². The van der Waals surface area contributed by atoms with Gasteiger partial charge >= 0.3 is 6.18 Å². The number of carbonyl (C=O) groups is 1. The Morgan fingerprint density at radius 2 is 1.80 bits per heavy atom. The highest BCUT2D eigenvalue weighted by molar-refractivity contribution is 7.07. The second kappa shape index (κ2) is 11.5. The van der Waals surface area contributed by atoms with Crippen LogP contribution >= 0.6 is 11.3 Å². The van der Waals surface area contributed by atoms with Gasteiger partial charge in [-0.25, -0.2) is 4.99 Å². The lowest BCUT2D eigenvalue weighted by Crippen LogP contribution is -2.40. The Morgan fingerprint density at radius 1 is 1.02 bits per heavy atom. The summed E-state index contributed by atoms with van der Waals surface area (Å²) in [5, 5.41) is 2.91. The maximum absolute atomic E-state index is 14.0. The first-order valence-electron chi connectivity index (χ1n) is 13.4. The van der Waals surface area contributed by atoms with E-state index in [2.05, 4.69) is 10.3 Å². The number of aromatic nitrogens is 1. The van der Waals surface area contributed by atoms with E-state index in [0.717, 1.165) is 23.5 Å². The van der Waals surface area contributed by atoms with Crippen molar-refractivity contribution in [2.24, 2.45) is 4.99 Å². The minimum atomic E-state index is -4.49. The molecule has 5 aromatic rings. The van der Waals surface area contributed by atoms with Crippen LogP contribution in [-0.2, 0) is 11.0 Å². The molecule has 0 saturated carbocycles. The van der Waals surface area contributed by atoms with E-state index >= 15 is 0 Å². The molecule has 7 nitrogen and oxygen atoms in total. The van der Waals surface area contributed by atoms with Crippen LogP contribution in [-0.4, -0.2) is 17.6 Å². The van der Waals surface area contributed by atoms with Crippen molar-refractivity contribution in [3.05, 3.63) is 139 Å². The first kappa shape index (κ1) is 28.9. The SMILES string of the molecule is COc1cccc([C@H]2C(C(=O)Nc3ccccc3)=C(C)N=c3s/c(=C\c4ccc(-c5cccc(C(F)(F)F)c5)o4)c(=O)n32)c1. The van der Waals surface area contributed by atoms with Crippen molar-refractivity contribution in [3.63, 3.8) is 0 Å². The van der Waals surface area contributed by atoms with Crippen LogP contribution in [0.3, 0.4) is 0 Å². The first-order valence-corrected chi connectivity index (χ1v) is 14.2. The topological polar surface area (TPSA) is 85.8 Å². The molecule has 11 heteroatoms. The molecule has 3 heterocycles. The van der Waals surface area contributed by atoms with Crippen LogP contribution in [0.4, 0.5) is 18.9 Å². The molecule has 1 amide bonds. The largest absolute Gasteiger partial charge is 0.497 e. The fraction of sp³-hybridized carbons (Fsp3) is 0.121. The van der Waals surface area contributed by atoms with Crippen molar-refractivity contribution in [3.8, 4) is 17.1 Å². The second-order valence-corrected chi connectivity index (χ2v) is 11.0. The van der Waals surface area contributed by atoms with E-state index in [1.165, 1.54) is 29.9 Å². The molecule has 0 spiro atoms. The van der Waals surface area contributed by atoms with Crippen molar-refractivity contribution in [2.45, 2.75) is 19.1 Å². The molecule has 6 rings (SSSR count). The molecule has 0 aliphatic carbocycles. The number of halogens is 3. The minimum absolute atomic E-state index is 0.222. The number of carbonyl (C=O) groups excluding carboxylic acids is 1. The van der Waals surface area contributed by atoms with E-state index in [0.29, 0.717) is 33.1 Å². The molecular formula is C33H24F3N3O4S. The summed E-state index contributed by atoms with van der Waals surface area (Å²) in [4.78, 5) is 32.7. The third-order valence-corrected chi connectivity index (χ3v) is 8.06. The van der Waals surface area contributed by atoms with E-state index in [9.17, 15) is 22.8 Å². The van der Waals surface area contributed by atoms with Gasteiger partial charge in [0.05, 0.1) is 34.5 Å². The summed E-state index contributed by atoms with van der Waals surface area (Å²) in [6, 6.07) is 23.3. The van der Waals surface area contributed by atoms with Gasteiger partial charge in [0.2, 0.25) is 0 Å². The lowest BCUT2D eigenvalue weighted by atomic mass is 9.95. The van der Waals surface area contributed by atoms with Crippen molar-refractivity contribution < 1.29 is 27.1 Å². The molecule has 0 unspecified atom stereocenters. The Labute approximate surface area is 252 Å². The van der Waals surface area contributed by atoms with E-state index < -0.39 is 29.2 Å². The lowest BCUT2D eigenvalue weighted by molar-refractivity contribution is -0.137. The van der Waals surface area contributed by atoms with Crippen LogP contribution in [0.1, 0.15) is 29.9 Å². The molecular weight excluding hydrogens is 591 g/mol. The lowest BCUT2D eigenvalue weighted by Gasteiger charge is -2.25. The number of allylic oxidation sites excluding steroid dienone is 1. The Balaban J connectivity index is 1.44. The average Bonchev–Trinajstić information content (AvgIpc) is 3.60. The first-order chi connectivity index (χ1) is 21.1. The predicted octanol–water partition coefficient (Wildman–Crippen LogP) is 6.16. The number of hydrogen-bond acceptors (Lipinski definition) is 6. The monoisotopic (exact) mass is 615 g/mol. The zero-order chi connectivity index (χ0) is 31.0. The van der Waals surface area contributed by atoms with Crippen molar-refractivity contribution >= 4 is 29.0 Å². The smallest absolute Gasteiger partial charge is 0.416 e. The summed E-state index contributed by atoms with van der Waals surface area (Å²) in [6.07, 6.45) is -2.97. The number of anilines is 1. The van der Waals surface area contributed by atoms with Crippen molar-refractivity contribution in [2.75, 3.05) is 12.4 Å². The molecule has 2 aromatic heterocycles. The predicted molar refractivity (Wildman–Crippen MR) is 161 cm³/mol. The maximum Gasteiger partial charge on any atom is 0.416 e. The molecule has 1 aliphatic rings. The summed E-state index contributed by atoms with van der Waals surface area (Å²) in [5.41, 5.74) is 1.04. The molecule has 44 heavy (non-hydrogen) atoms. The van der Waals surface area contributed by atoms with Gasteiger partial charge in [0.15, 0.2) is 4.80 Å². The van der Waals surface area contributed by atoms with Gasteiger partial charge in [-0.1, -0.05) is 53.8 Å². The van der Waals surface area contributed by atoms with Crippen LogP contribution in [0.2, 0.25) is 0 Å². The molecule has 3 aromatic carbocycles. The number of rotatable bonds is 6. The van der Waals surface area contributed by atoms with Crippen LogP contribution in [0.5, 0.6) is 5.75 Å². The Kier molecular flexibility index (Phi) is 7.56. The number of nitrogens with zero attached hydrogens (tertiary/aromatic N) is 2. The van der Waals surface area contributed by atoms with E-state index in [1.807, 2.05) is 12.1 Å². The summed E-state index contributed by atoms with van der Waals surface area (Å²) in [7, 11) is 1.53. The highest BCUT2D eigenvalue weighted by atomic mass is 32.1. The van der Waals surface area contributed by atoms with Gasteiger partial charge in [0.1, 0.15) is 17.3 Å². The number of amides is 1. The van der Waals surface area contributed by atoms with E-state index in [1.54, 1.807) is 61.5 Å². The van der Waals surface area contributed by atoms with Gasteiger partial charge in [-0.05, 0) is 61.0 Å². The third-order valence-electron chi connectivity index (χ3n) is 7.08. The fourth-order valence-corrected chi connectivity index (χ4v) is 6.05. The highest BCUT2D eigenvalue weighted by Gasteiger charge is 2.33. The van der Waals surface area contributed by atoms with E-state index in [-0.39, 0.29) is 21.6 Å². The number of fused-ring (bicyclic) bond motifs is 1. The maximum atomic E-state index is 14.0. The molecule has 1 atom stereocenters. The number of para-hydroxylation sites is 1. The van der Waals surface area contributed by atoms with Gasteiger partial charge in [-0.15, -0.1) is 0 Å². The van der Waals surface area contributed by atoms with Crippen molar-refractivity contribution in [1.82, 2.24) is 4.57 Å². The van der Waals surface area contributed by atoms with Gasteiger partial charge in [-0.2, -0.15) is 13.2 Å². The van der Waals surface area contributed by atoms with Crippen LogP contribution in [0, 0.1) is 0 Å². The molecule has 0 saturated heterocycles. The molecule has 0 bridgehead atoms. The number of ether oxygens (including phenoxy) is 1. The minimum Gasteiger partial charge on any atom is -0.497 e. The summed E-state index contributed by atoms with van der Waals surface area (Å²) in [6.45, 7) is 1.72. The van der Waals surface area contributed by atoms with Gasteiger partial charge in [-0.3, -0.25) is 14.2 Å². The fourth-order valence-electron chi connectivity index (χ4n) is 5.02. The van der Waals surface area contributed by atoms with Gasteiger partial charge in [0, 0.05) is 17.3 Å². The summed E-state index contributed by atoms with van der Waals surface area (Å²) < 4.78 is 52.7. The third kappa shape index (κ3) is 5.61. The zero-order valence-corrected chi connectivity index (χ0v) is 24.2.